The number of hydrogen-bond donors (Lipinski definition) is 1. The number of nitrogens with one attached hydrogen (secondary N) is 1. The van der Waals surface area contributed by atoms with E-state index >= 15 is 0 Å². The molecular formula is C14H21NO2. The van der Waals surface area contributed by atoms with Gasteiger partial charge < -0.3 is 10.1 Å². The molecule has 0 aliphatic carbocycles. The largest absolute Gasteiger partial charge is 0.468 e. The number of carbonyl (C=O) groups excluding carboxylic acids is 1. The first kappa shape index (κ1) is 13.7. The highest BCUT2D eigenvalue weighted by molar-refractivity contribution is 5.75. The molecule has 0 amide bonds. The zero-order chi connectivity index (χ0) is 13.0. The molecule has 3 heteroatoms. The number of carbonyl (C=O) groups is 1. The second-order valence-electron chi connectivity index (χ2n) is 4.50. The Balaban J connectivity index is 2.73. The quantitative estimate of drug-likeness (QED) is 0.814. The van der Waals surface area contributed by atoms with Crippen LogP contribution >= 0.6 is 0 Å². The van der Waals surface area contributed by atoms with Gasteiger partial charge in [0.05, 0.1) is 7.11 Å². The summed E-state index contributed by atoms with van der Waals surface area (Å²) in [5, 5.41) is 3.18. The van der Waals surface area contributed by atoms with Crippen LogP contribution in [0.1, 0.15) is 29.2 Å². The summed E-state index contributed by atoms with van der Waals surface area (Å²) in [6.07, 6.45) is 0. The molecule has 0 aliphatic heterocycles. The average Bonchev–Trinajstić information content (AvgIpc) is 2.26. The number of rotatable bonds is 4. The second kappa shape index (κ2) is 5.82. The molecular weight excluding hydrogens is 214 g/mol. The van der Waals surface area contributed by atoms with Crippen molar-refractivity contribution in [2.24, 2.45) is 0 Å². The van der Waals surface area contributed by atoms with Crippen LogP contribution in [-0.4, -0.2) is 19.1 Å². The van der Waals surface area contributed by atoms with E-state index in [1.165, 1.54) is 29.4 Å². The van der Waals surface area contributed by atoms with E-state index in [1.807, 2.05) is 6.92 Å². The van der Waals surface area contributed by atoms with Crippen LogP contribution in [0.4, 0.5) is 0 Å². The first-order valence-corrected chi connectivity index (χ1v) is 5.83. The lowest BCUT2D eigenvalue weighted by Gasteiger charge is -2.15. The molecule has 1 aromatic carbocycles. The van der Waals surface area contributed by atoms with Crippen LogP contribution in [-0.2, 0) is 16.1 Å². The third-order valence-corrected chi connectivity index (χ3v) is 2.98. The van der Waals surface area contributed by atoms with Gasteiger partial charge in [-0.1, -0.05) is 17.7 Å². The molecule has 0 fully saturated rings. The maximum Gasteiger partial charge on any atom is 0.322 e. The van der Waals surface area contributed by atoms with Crippen molar-refractivity contribution in [3.8, 4) is 0 Å². The van der Waals surface area contributed by atoms with E-state index in [4.69, 9.17) is 0 Å². The molecule has 0 saturated heterocycles. The van der Waals surface area contributed by atoms with Gasteiger partial charge in [0.25, 0.3) is 0 Å². The first-order chi connectivity index (χ1) is 7.95. The van der Waals surface area contributed by atoms with Crippen LogP contribution in [0.25, 0.3) is 0 Å². The molecule has 0 aliphatic rings. The van der Waals surface area contributed by atoms with Crippen LogP contribution < -0.4 is 5.32 Å². The number of methoxy groups -OCH3 is 1. The maximum atomic E-state index is 11.3. The Bertz CT molecular complexity index is 390. The zero-order valence-corrected chi connectivity index (χ0v) is 11.3. The highest BCUT2D eigenvalue weighted by Gasteiger charge is 2.13. The summed E-state index contributed by atoms with van der Waals surface area (Å²) >= 11 is 0. The molecule has 1 atom stereocenters. The van der Waals surface area contributed by atoms with Crippen LogP contribution in [0.15, 0.2) is 12.1 Å². The summed E-state index contributed by atoms with van der Waals surface area (Å²) in [5.74, 6) is -0.229. The fourth-order valence-electron chi connectivity index (χ4n) is 2.00. The maximum absolute atomic E-state index is 11.3. The predicted molar refractivity (Wildman–Crippen MR) is 69.0 cm³/mol. The van der Waals surface area contributed by atoms with E-state index in [2.05, 4.69) is 43.0 Å². The Morgan fingerprint density at radius 3 is 2.29 bits per heavy atom. The normalized spacial score (nSPS) is 12.3. The minimum absolute atomic E-state index is 0.229. The lowest BCUT2D eigenvalue weighted by atomic mass is 9.99. The Labute approximate surface area is 103 Å². The van der Waals surface area contributed by atoms with Crippen molar-refractivity contribution >= 4 is 5.97 Å². The van der Waals surface area contributed by atoms with Gasteiger partial charge in [0.1, 0.15) is 6.04 Å². The summed E-state index contributed by atoms with van der Waals surface area (Å²) in [7, 11) is 1.41. The van der Waals surface area contributed by atoms with Crippen molar-refractivity contribution in [2.75, 3.05) is 7.11 Å². The fraction of sp³-hybridized carbons (Fsp3) is 0.500. The van der Waals surface area contributed by atoms with E-state index < -0.39 is 0 Å². The molecule has 94 valence electrons. The first-order valence-electron chi connectivity index (χ1n) is 5.83. The van der Waals surface area contributed by atoms with Crippen molar-refractivity contribution in [1.29, 1.82) is 0 Å². The Hall–Kier alpha value is -1.35. The SMILES string of the molecule is COC(=O)[C@H](C)NCc1c(C)cc(C)cc1C. The monoisotopic (exact) mass is 235 g/mol. The van der Waals surface area contributed by atoms with Crippen LogP contribution in [0.5, 0.6) is 0 Å². The van der Waals surface area contributed by atoms with E-state index in [0.717, 1.165) is 0 Å². The summed E-state index contributed by atoms with van der Waals surface area (Å²) in [4.78, 5) is 11.3. The summed E-state index contributed by atoms with van der Waals surface area (Å²) in [5.41, 5.74) is 5.04. The molecule has 1 aromatic rings. The van der Waals surface area contributed by atoms with Crippen LogP contribution in [0.2, 0.25) is 0 Å². The van der Waals surface area contributed by atoms with Gasteiger partial charge in [-0.3, -0.25) is 4.79 Å². The number of aryl methyl sites for hydroxylation is 3. The van der Waals surface area contributed by atoms with Crippen LogP contribution in [0.3, 0.4) is 0 Å². The fourth-order valence-corrected chi connectivity index (χ4v) is 2.00. The molecule has 0 heterocycles. The number of ether oxygens (including phenoxy) is 1. The predicted octanol–water partition coefficient (Wildman–Crippen LogP) is 2.26. The molecule has 0 unspecified atom stereocenters. The lowest BCUT2D eigenvalue weighted by molar-refractivity contribution is -0.142. The smallest absolute Gasteiger partial charge is 0.322 e. The third kappa shape index (κ3) is 3.56. The lowest BCUT2D eigenvalue weighted by Crippen LogP contribution is -2.34. The molecule has 0 bridgehead atoms. The van der Waals surface area contributed by atoms with Gasteiger partial charge >= 0.3 is 5.97 Å². The molecule has 0 aromatic heterocycles. The van der Waals surface area contributed by atoms with Gasteiger partial charge in [0, 0.05) is 6.54 Å². The number of benzene rings is 1. The minimum atomic E-state index is -0.278. The van der Waals surface area contributed by atoms with Crippen molar-refractivity contribution in [2.45, 2.75) is 40.3 Å². The van der Waals surface area contributed by atoms with Crippen molar-refractivity contribution in [3.05, 3.63) is 34.4 Å². The van der Waals surface area contributed by atoms with Gasteiger partial charge in [0.2, 0.25) is 0 Å². The summed E-state index contributed by atoms with van der Waals surface area (Å²) < 4.78 is 4.68. The Morgan fingerprint density at radius 2 is 1.82 bits per heavy atom. The minimum Gasteiger partial charge on any atom is -0.468 e. The van der Waals surface area contributed by atoms with Gasteiger partial charge in [-0.25, -0.2) is 0 Å². The van der Waals surface area contributed by atoms with E-state index in [9.17, 15) is 4.79 Å². The Kier molecular flexibility index (Phi) is 4.70. The molecule has 0 spiro atoms. The van der Waals surface area contributed by atoms with Gasteiger partial charge in [0.15, 0.2) is 0 Å². The average molecular weight is 235 g/mol. The van der Waals surface area contributed by atoms with Gasteiger partial charge in [-0.15, -0.1) is 0 Å². The van der Waals surface area contributed by atoms with E-state index in [1.54, 1.807) is 0 Å². The van der Waals surface area contributed by atoms with Crippen LogP contribution in [0, 0.1) is 20.8 Å². The number of esters is 1. The second-order valence-corrected chi connectivity index (χ2v) is 4.50. The third-order valence-electron chi connectivity index (χ3n) is 2.98. The van der Waals surface area contributed by atoms with Gasteiger partial charge in [-0.2, -0.15) is 0 Å². The molecule has 0 radical (unpaired) electrons. The summed E-state index contributed by atoms with van der Waals surface area (Å²) in [6, 6.07) is 4.04. The zero-order valence-electron chi connectivity index (χ0n) is 11.3. The standard InChI is InChI=1S/C14H21NO2/c1-9-6-10(2)13(11(3)7-9)8-15-12(4)14(16)17-5/h6-7,12,15H,8H2,1-5H3/t12-/m0/s1. The molecule has 1 N–H and O–H groups in total. The molecule has 17 heavy (non-hydrogen) atoms. The van der Waals surface area contributed by atoms with E-state index in [0.29, 0.717) is 6.54 Å². The molecule has 1 rings (SSSR count). The number of hydrogen-bond acceptors (Lipinski definition) is 3. The topological polar surface area (TPSA) is 38.3 Å². The van der Waals surface area contributed by atoms with Crippen molar-refractivity contribution < 1.29 is 9.53 Å². The highest BCUT2D eigenvalue weighted by Crippen LogP contribution is 2.16. The highest BCUT2D eigenvalue weighted by atomic mass is 16.5. The molecule has 3 nitrogen and oxygen atoms in total. The van der Waals surface area contributed by atoms with Crippen molar-refractivity contribution in [1.82, 2.24) is 5.32 Å². The molecule has 0 saturated carbocycles. The van der Waals surface area contributed by atoms with E-state index in [-0.39, 0.29) is 12.0 Å². The van der Waals surface area contributed by atoms with Crippen molar-refractivity contribution in [3.63, 3.8) is 0 Å². The van der Waals surface area contributed by atoms with Gasteiger partial charge in [-0.05, 0) is 44.4 Å². The Morgan fingerprint density at radius 1 is 1.29 bits per heavy atom. The summed E-state index contributed by atoms with van der Waals surface area (Å²) in [6.45, 7) is 8.78.